The number of hydrogen-bond acceptors (Lipinski definition) is 5. The van der Waals surface area contributed by atoms with E-state index in [0.29, 0.717) is 0 Å². The minimum atomic E-state index is -2.62. The van der Waals surface area contributed by atoms with E-state index in [0.717, 1.165) is 5.56 Å². The lowest BCUT2D eigenvalue weighted by atomic mass is 10.2. The van der Waals surface area contributed by atoms with Crippen LogP contribution in [-0.4, -0.2) is 48.7 Å². The van der Waals surface area contributed by atoms with Gasteiger partial charge in [0, 0.05) is 11.1 Å². The van der Waals surface area contributed by atoms with Crippen molar-refractivity contribution in [2.45, 2.75) is 27.4 Å². The fourth-order valence-corrected chi connectivity index (χ4v) is 1.97. The zero-order valence-electron chi connectivity index (χ0n) is 14.6. The third kappa shape index (κ3) is 13.0. The highest BCUT2D eigenvalue weighted by Crippen LogP contribution is 2.12. The number of amides is 1. The Morgan fingerprint density at radius 3 is 2.21 bits per heavy atom. The number of carbonyl (C=O) groups excluding carboxylic acids is 1. The minimum Gasteiger partial charge on any atom is -0.445 e. The van der Waals surface area contributed by atoms with Crippen LogP contribution in [0.1, 0.15) is 26.3 Å². The second-order valence-corrected chi connectivity index (χ2v) is 5.41. The zero-order valence-corrected chi connectivity index (χ0v) is 15.5. The van der Waals surface area contributed by atoms with Crippen molar-refractivity contribution < 1.29 is 23.5 Å². The number of rotatable bonds is 9. The molecule has 0 fully saturated rings. The molecular formula is C16H28N2O5P+. The van der Waals surface area contributed by atoms with Gasteiger partial charge in [0.25, 0.3) is 0 Å². The lowest BCUT2D eigenvalue weighted by Gasteiger charge is -2.13. The van der Waals surface area contributed by atoms with Crippen molar-refractivity contribution in [1.82, 2.24) is 10.2 Å². The number of nitrogens with zero attached hydrogens (tertiary/aromatic N) is 1. The van der Waals surface area contributed by atoms with Crippen molar-refractivity contribution in [2.75, 3.05) is 32.8 Å². The number of benzene rings is 1. The molecule has 0 aliphatic rings. The first-order valence-electron chi connectivity index (χ1n) is 7.99. The van der Waals surface area contributed by atoms with E-state index in [-0.39, 0.29) is 19.8 Å². The fraction of sp³-hybridized carbons (Fsp3) is 0.562. The summed E-state index contributed by atoms with van der Waals surface area (Å²) in [6.07, 6.45) is -0.592. The molecule has 0 heterocycles. The molecule has 0 aliphatic carbocycles. The smallest absolute Gasteiger partial charge is 0.445 e. The predicted molar refractivity (Wildman–Crippen MR) is 93.9 cm³/mol. The van der Waals surface area contributed by atoms with Gasteiger partial charge in [-0.3, -0.25) is 0 Å². The van der Waals surface area contributed by atoms with E-state index in [1.807, 2.05) is 30.3 Å². The Labute approximate surface area is 144 Å². The average Bonchev–Trinajstić information content (AvgIpc) is 2.60. The molecule has 1 rings (SSSR count). The van der Waals surface area contributed by atoms with Crippen LogP contribution < -0.4 is 5.32 Å². The van der Waals surface area contributed by atoms with Crippen molar-refractivity contribution in [2.24, 2.45) is 0 Å². The number of carbonyl (C=O) groups is 1. The molecule has 7 nitrogen and oxygen atoms in total. The summed E-state index contributed by atoms with van der Waals surface area (Å²) in [7, 11) is -2.62. The molecular weight excluding hydrogens is 331 g/mol. The molecule has 0 aromatic heterocycles. The van der Waals surface area contributed by atoms with Crippen LogP contribution in [0.3, 0.4) is 0 Å². The van der Waals surface area contributed by atoms with E-state index in [4.69, 9.17) is 9.63 Å². The molecule has 1 aromatic rings. The molecule has 1 unspecified atom stereocenters. The van der Waals surface area contributed by atoms with Crippen molar-refractivity contribution >= 4 is 14.3 Å². The van der Waals surface area contributed by atoms with Gasteiger partial charge >= 0.3 is 14.3 Å². The van der Waals surface area contributed by atoms with Crippen LogP contribution in [0.4, 0.5) is 4.79 Å². The van der Waals surface area contributed by atoms with Gasteiger partial charge in [-0.15, -0.1) is 9.42 Å². The molecule has 1 amide bonds. The van der Waals surface area contributed by atoms with Crippen molar-refractivity contribution in [3.05, 3.63) is 35.9 Å². The van der Waals surface area contributed by atoms with Gasteiger partial charge in [-0.2, -0.15) is 0 Å². The first kappa shape index (κ1) is 22.5. The minimum absolute atomic E-state index is 0.0356. The summed E-state index contributed by atoms with van der Waals surface area (Å²) in [5, 5.41) is 2.38. The summed E-state index contributed by atoms with van der Waals surface area (Å²) in [5.41, 5.74) is 0.886. The van der Waals surface area contributed by atoms with Crippen molar-refractivity contribution in [3.63, 3.8) is 0 Å². The maximum Gasteiger partial charge on any atom is 0.694 e. The quantitative estimate of drug-likeness (QED) is 0.521. The molecule has 0 aliphatic heterocycles. The normalized spacial score (nSPS) is 10.6. The Morgan fingerprint density at radius 1 is 1.17 bits per heavy atom. The van der Waals surface area contributed by atoms with E-state index in [9.17, 15) is 9.36 Å². The lowest BCUT2D eigenvalue weighted by molar-refractivity contribution is 0.137. The van der Waals surface area contributed by atoms with Crippen molar-refractivity contribution in [1.29, 1.82) is 0 Å². The number of ether oxygens (including phenoxy) is 1. The predicted octanol–water partition coefficient (Wildman–Crippen LogP) is 2.93. The Balaban J connectivity index is 0.000000640. The summed E-state index contributed by atoms with van der Waals surface area (Å²) in [6, 6.07) is 9.25. The molecule has 2 N–H and O–H groups in total. The number of nitrogens with one attached hydrogen (secondary N) is 1. The highest BCUT2D eigenvalue weighted by molar-refractivity contribution is 7.32. The first-order chi connectivity index (χ1) is 11.5. The first-order valence-corrected chi connectivity index (χ1v) is 9.12. The van der Waals surface area contributed by atoms with Gasteiger partial charge in [0.15, 0.2) is 0 Å². The van der Waals surface area contributed by atoms with Gasteiger partial charge in [0.05, 0.1) is 0 Å². The molecule has 0 radical (unpaired) electrons. The SMILES string of the molecule is CCN(CC)CC.O=C(NCCO[P+](=O)O)OCc1ccccc1. The molecule has 1 atom stereocenters. The van der Waals surface area contributed by atoms with E-state index < -0.39 is 14.3 Å². The summed E-state index contributed by atoms with van der Waals surface area (Å²) < 4.78 is 19.4. The largest absolute Gasteiger partial charge is 0.694 e. The van der Waals surface area contributed by atoms with Crippen LogP contribution in [0.2, 0.25) is 0 Å². The zero-order chi connectivity index (χ0) is 18.2. The maximum atomic E-state index is 11.1. The van der Waals surface area contributed by atoms with Crippen LogP contribution in [0.25, 0.3) is 0 Å². The summed E-state index contributed by atoms with van der Waals surface area (Å²) in [6.45, 7) is 10.4. The number of alkyl carbamates (subject to hydrolysis) is 1. The van der Waals surface area contributed by atoms with Gasteiger partial charge < -0.3 is 15.0 Å². The fourth-order valence-electron chi connectivity index (χ4n) is 1.72. The molecule has 0 spiro atoms. The van der Waals surface area contributed by atoms with E-state index in [2.05, 4.69) is 35.5 Å². The van der Waals surface area contributed by atoms with E-state index >= 15 is 0 Å². The van der Waals surface area contributed by atoms with Gasteiger partial charge in [-0.25, -0.2) is 4.79 Å². The topological polar surface area (TPSA) is 88.1 Å². The van der Waals surface area contributed by atoms with Gasteiger partial charge in [0.2, 0.25) is 0 Å². The highest BCUT2D eigenvalue weighted by Gasteiger charge is 2.11. The molecule has 136 valence electrons. The summed E-state index contributed by atoms with van der Waals surface area (Å²) in [5.74, 6) is 0. The third-order valence-corrected chi connectivity index (χ3v) is 3.53. The Bertz CT molecular complexity index is 450. The molecule has 0 bridgehead atoms. The Hall–Kier alpha value is -1.53. The van der Waals surface area contributed by atoms with Gasteiger partial charge in [-0.1, -0.05) is 51.1 Å². The molecule has 1 aromatic carbocycles. The van der Waals surface area contributed by atoms with Gasteiger partial charge in [0.1, 0.15) is 13.2 Å². The monoisotopic (exact) mass is 359 g/mol. The second-order valence-electron chi connectivity index (χ2n) is 4.68. The Kier molecular flexibility index (Phi) is 14.1. The summed E-state index contributed by atoms with van der Waals surface area (Å²) in [4.78, 5) is 21.8. The molecule has 24 heavy (non-hydrogen) atoms. The molecule has 8 heteroatoms. The van der Waals surface area contributed by atoms with Crippen LogP contribution in [0.5, 0.6) is 0 Å². The Morgan fingerprint density at radius 2 is 1.75 bits per heavy atom. The van der Waals surface area contributed by atoms with Crippen molar-refractivity contribution in [3.8, 4) is 0 Å². The summed E-state index contributed by atoms with van der Waals surface area (Å²) >= 11 is 0. The average molecular weight is 359 g/mol. The van der Waals surface area contributed by atoms with E-state index in [1.165, 1.54) is 19.6 Å². The highest BCUT2D eigenvalue weighted by atomic mass is 31.1. The van der Waals surface area contributed by atoms with Crippen LogP contribution in [-0.2, 0) is 20.4 Å². The standard InChI is InChI=1S/C10H12NO5P.C6H15N/c12-10(11-6-7-16-17(13)14)15-8-9-4-2-1-3-5-9;1-4-7(5-2)6-3/h1-5H,6-8H2,(H-,11,12,13,14);4-6H2,1-3H3/p+1. The van der Waals surface area contributed by atoms with Gasteiger partial charge in [-0.05, 0) is 25.2 Å². The van der Waals surface area contributed by atoms with Crippen LogP contribution in [0.15, 0.2) is 30.3 Å². The second kappa shape index (κ2) is 15.0. The van der Waals surface area contributed by atoms with E-state index in [1.54, 1.807) is 0 Å². The molecule has 0 saturated carbocycles. The number of hydrogen-bond donors (Lipinski definition) is 2. The van der Waals surface area contributed by atoms with Crippen LogP contribution >= 0.6 is 8.25 Å². The maximum absolute atomic E-state index is 11.1. The lowest BCUT2D eigenvalue weighted by Crippen LogP contribution is -2.27. The van der Waals surface area contributed by atoms with Crippen LogP contribution in [0, 0.1) is 0 Å². The molecule has 0 saturated heterocycles. The third-order valence-electron chi connectivity index (χ3n) is 3.13.